The van der Waals surface area contributed by atoms with E-state index in [1.165, 1.54) is 0 Å². The van der Waals surface area contributed by atoms with Gasteiger partial charge in [0.15, 0.2) is 0 Å². The van der Waals surface area contributed by atoms with Crippen LogP contribution in [0.4, 0.5) is 5.69 Å². The fourth-order valence-electron chi connectivity index (χ4n) is 2.68. The Labute approximate surface area is 149 Å². The number of aliphatic imine (C=N–C) groups is 1. The second kappa shape index (κ2) is 6.72. The van der Waals surface area contributed by atoms with Crippen molar-refractivity contribution in [3.05, 3.63) is 66.3 Å². The van der Waals surface area contributed by atoms with Crippen LogP contribution in [0.5, 0.6) is 5.88 Å². The van der Waals surface area contributed by atoms with Crippen LogP contribution < -0.4 is 15.4 Å². The number of nitrogens with one attached hydrogen (secondary N) is 3. The number of hydrogen-bond donors (Lipinski definition) is 3. The molecule has 3 heterocycles. The molecule has 0 radical (unpaired) electrons. The van der Waals surface area contributed by atoms with Crippen LogP contribution in [0.25, 0.3) is 10.9 Å². The Morgan fingerprint density at radius 1 is 1.23 bits per heavy atom. The number of anilines is 1. The number of amides is 1. The maximum absolute atomic E-state index is 12.5. The number of pyridine rings is 1. The number of H-pyrrole nitrogens is 1. The maximum Gasteiger partial charge on any atom is 0.257 e. The van der Waals surface area contributed by atoms with Gasteiger partial charge in [-0.25, -0.2) is 4.98 Å². The third kappa shape index (κ3) is 3.14. The van der Waals surface area contributed by atoms with E-state index in [0.717, 1.165) is 10.9 Å². The first-order valence-corrected chi connectivity index (χ1v) is 8.20. The van der Waals surface area contributed by atoms with E-state index in [-0.39, 0.29) is 11.9 Å². The molecule has 130 valence electrons. The van der Waals surface area contributed by atoms with E-state index in [4.69, 9.17) is 4.74 Å². The van der Waals surface area contributed by atoms with Crippen LogP contribution in [-0.4, -0.2) is 28.3 Å². The van der Waals surface area contributed by atoms with E-state index < -0.39 is 0 Å². The molecule has 0 spiro atoms. The first-order chi connectivity index (χ1) is 12.7. The molecule has 7 heteroatoms. The molecule has 1 atom stereocenters. The van der Waals surface area contributed by atoms with Crippen molar-refractivity contribution in [2.24, 2.45) is 4.99 Å². The highest BCUT2D eigenvalue weighted by Gasteiger charge is 2.14. The van der Waals surface area contributed by atoms with Gasteiger partial charge in [0.25, 0.3) is 5.91 Å². The molecule has 1 aliphatic rings. The summed E-state index contributed by atoms with van der Waals surface area (Å²) < 4.78 is 5.71. The van der Waals surface area contributed by atoms with Gasteiger partial charge in [-0.3, -0.25) is 9.79 Å². The van der Waals surface area contributed by atoms with Gasteiger partial charge >= 0.3 is 0 Å². The molecule has 0 aliphatic carbocycles. The Balaban J connectivity index is 1.45. The zero-order valence-electron chi connectivity index (χ0n) is 14.1. The minimum Gasteiger partial charge on any atom is -0.440 e. The summed E-state index contributed by atoms with van der Waals surface area (Å²) in [4.78, 5) is 24.0. The first kappa shape index (κ1) is 15.9. The number of nitrogens with zero attached hydrogens (tertiary/aromatic N) is 2. The van der Waals surface area contributed by atoms with E-state index in [0.29, 0.717) is 22.9 Å². The second-order valence-corrected chi connectivity index (χ2v) is 5.86. The molecule has 0 saturated carbocycles. The van der Waals surface area contributed by atoms with Crippen LogP contribution in [0, 0.1) is 0 Å². The molecule has 26 heavy (non-hydrogen) atoms. The molecule has 2 aromatic heterocycles. The van der Waals surface area contributed by atoms with Gasteiger partial charge in [0.2, 0.25) is 5.88 Å². The van der Waals surface area contributed by atoms with Crippen LogP contribution in [-0.2, 0) is 0 Å². The smallest absolute Gasteiger partial charge is 0.257 e. The van der Waals surface area contributed by atoms with Crippen molar-refractivity contribution in [2.45, 2.75) is 13.0 Å². The minimum atomic E-state index is -0.194. The van der Waals surface area contributed by atoms with Gasteiger partial charge in [-0.1, -0.05) is 18.2 Å². The standard InChI is InChI=1S/C19H17N5O2/c1-12-17(10-20-11-23-12)26-18-7-6-13(8-22-18)24-19(25)15-9-21-16-5-3-2-4-14(15)16/h2-12,21H,1H3,(H,20,23)(H,24,25). The minimum absolute atomic E-state index is 0.0701. The van der Waals surface area contributed by atoms with Crippen LogP contribution in [0.1, 0.15) is 17.3 Å². The van der Waals surface area contributed by atoms with Gasteiger partial charge in [-0.15, -0.1) is 0 Å². The normalized spacial score (nSPS) is 16.0. The monoisotopic (exact) mass is 347 g/mol. The Morgan fingerprint density at radius 2 is 2.12 bits per heavy atom. The summed E-state index contributed by atoms with van der Waals surface area (Å²) >= 11 is 0. The molecule has 3 N–H and O–H groups in total. The Kier molecular flexibility index (Phi) is 4.10. The molecule has 1 aromatic carbocycles. The molecule has 4 rings (SSSR count). The SMILES string of the molecule is CC1N=CNC=C1Oc1ccc(NC(=O)c2c[nH]c3ccccc23)cn1. The number of para-hydroxylation sites is 1. The van der Waals surface area contributed by atoms with Crippen molar-refractivity contribution in [3.63, 3.8) is 0 Å². The molecular weight excluding hydrogens is 330 g/mol. The molecule has 0 fully saturated rings. The fraction of sp³-hybridized carbons (Fsp3) is 0.105. The molecule has 7 nitrogen and oxygen atoms in total. The number of aromatic amines is 1. The predicted molar refractivity (Wildman–Crippen MR) is 100 cm³/mol. The van der Waals surface area contributed by atoms with Crippen LogP contribution >= 0.6 is 0 Å². The molecule has 3 aromatic rings. The zero-order chi connectivity index (χ0) is 17.9. The number of hydrogen-bond acceptors (Lipinski definition) is 5. The Hall–Kier alpha value is -3.61. The quantitative estimate of drug-likeness (QED) is 0.676. The van der Waals surface area contributed by atoms with Gasteiger partial charge in [-0.05, 0) is 19.1 Å². The summed E-state index contributed by atoms with van der Waals surface area (Å²) in [5.41, 5.74) is 2.10. The lowest BCUT2D eigenvalue weighted by Crippen LogP contribution is -2.20. The summed E-state index contributed by atoms with van der Waals surface area (Å²) in [6.45, 7) is 1.93. The molecule has 0 bridgehead atoms. The van der Waals surface area contributed by atoms with Crippen LogP contribution in [0.3, 0.4) is 0 Å². The van der Waals surface area contributed by atoms with Gasteiger partial charge in [0, 0.05) is 29.4 Å². The third-order valence-corrected chi connectivity index (χ3v) is 4.06. The van der Waals surface area contributed by atoms with Crippen molar-refractivity contribution in [1.82, 2.24) is 15.3 Å². The van der Waals surface area contributed by atoms with E-state index in [1.54, 1.807) is 37.1 Å². The second-order valence-electron chi connectivity index (χ2n) is 5.86. The number of aromatic nitrogens is 2. The molecule has 0 saturated heterocycles. The van der Waals surface area contributed by atoms with Gasteiger partial charge < -0.3 is 20.4 Å². The lowest BCUT2D eigenvalue weighted by atomic mass is 10.1. The van der Waals surface area contributed by atoms with Gasteiger partial charge in [0.1, 0.15) is 11.8 Å². The number of fused-ring (bicyclic) bond motifs is 1. The maximum atomic E-state index is 12.5. The number of benzene rings is 1. The molecule has 1 aliphatic heterocycles. The van der Waals surface area contributed by atoms with Crippen LogP contribution in [0.2, 0.25) is 0 Å². The number of carbonyl (C=O) groups is 1. The van der Waals surface area contributed by atoms with Crippen molar-refractivity contribution in [1.29, 1.82) is 0 Å². The van der Waals surface area contributed by atoms with Crippen molar-refractivity contribution < 1.29 is 9.53 Å². The summed E-state index contributed by atoms with van der Waals surface area (Å²) in [6.07, 6.45) is 6.63. The third-order valence-electron chi connectivity index (χ3n) is 4.06. The zero-order valence-corrected chi connectivity index (χ0v) is 14.1. The average Bonchev–Trinajstić information content (AvgIpc) is 3.09. The highest BCUT2D eigenvalue weighted by atomic mass is 16.5. The van der Waals surface area contributed by atoms with E-state index in [1.807, 2.05) is 31.2 Å². The highest BCUT2D eigenvalue weighted by Crippen LogP contribution is 2.21. The van der Waals surface area contributed by atoms with E-state index >= 15 is 0 Å². The number of ether oxygens (including phenoxy) is 1. The van der Waals surface area contributed by atoms with E-state index in [2.05, 4.69) is 25.6 Å². The van der Waals surface area contributed by atoms with Crippen molar-refractivity contribution in [2.75, 3.05) is 5.32 Å². The first-order valence-electron chi connectivity index (χ1n) is 8.20. The Bertz CT molecular complexity index is 1000. The lowest BCUT2D eigenvalue weighted by Gasteiger charge is -2.16. The summed E-state index contributed by atoms with van der Waals surface area (Å²) in [7, 11) is 0. The Morgan fingerprint density at radius 3 is 2.92 bits per heavy atom. The number of rotatable bonds is 4. The summed E-state index contributed by atoms with van der Waals surface area (Å²) in [5.74, 6) is 0.919. The average molecular weight is 347 g/mol. The van der Waals surface area contributed by atoms with Crippen molar-refractivity contribution in [3.8, 4) is 5.88 Å². The summed E-state index contributed by atoms with van der Waals surface area (Å²) in [6, 6.07) is 11.0. The molecular formula is C19H17N5O2. The van der Waals surface area contributed by atoms with Crippen molar-refractivity contribution >= 4 is 28.8 Å². The van der Waals surface area contributed by atoms with Gasteiger partial charge in [0.05, 0.1) is 23.8 Å². The topological polar surface area (TPSA) is 91.4 Å². The predicted octanol–water partition coefficient (Wildman–Crippen LogP) is 3.06. The van der Waals surface area contributed by atoms with Crippen LogP contribution in [0.15, 0.2) is 65.7 Å². The fourth-order valence-corrected chi connectivity index (χ4v) is 2.68. The lowest BCUT2D eigenvalue weighted by molar-refractivity contribution is 0.102. The van der Waals surface area contributed by atoms with Gasteiger partial charge in [-0.2, -0.15) is 0 Å². The molecule has 1 unspecified atom stereocenters. The molecule has 1 amide bonds. The van der Waals surface area contributed by atoms with E-state index in [9.17, 15) is 4.79 Å². The highest BCUT2D eigenvalue weighted by molar-refractivity contribution is 6.12. The number of carbonyl (C=O) groups excluding carboxylic acids is 1. The summed E-state index contributed by atoms with van der Waals surface area (Å²) in [5, 5.41) is 6.61. The largest absolute Gasteiger partial charge is 0.440 e.